The van der Waals surface area contributed by atoms with E-state index < -0.39 is 18.0 Å². The number of rotatable bonds is 9. The van der Waals surface area contributed by atoms with Gasteiger partial charge in [0, 0.05) is 5.56 Å². The predicted molar refractivity (Wildman–Crippen MR) is 125 cm³/mol. The maximum absolute atomic E-state index is 12.8. The first kappa shape index (κ1) is 24.3. The second kappa shape index (κ2) is 11.5. The van der Waals surface area contributed by atoms with Crippen molar-refractivity contribution in [1.82, 2.24) is 5.43 Å². The minimum atomic E-state index is -1.37. The topological polar surface area (TPSA) is 116 Å². The molecule has 0 aliphatic rings. The van der Waals surface area contributed by atoms with Gasteiger partial charge in [0.2, 0.25) is 5.75 Å². The summed E-state index contributed by atoms with van der Waals surface area (Å²) < 4.78 is 21.4. The molecule has 0 bridgehead atoms. The molecule has 0 radical (unpaired) electrons. The first-order valence-corrected chi connectivity index (χ1v) is 10.2. The Balaban J connectivity index is 1.74. The van der Waals surface area contributed by atoms with Crippen molar-refractivity contribution in [2.24, 2.45) is 5.10 Å². The van der Waals surface area contributed by atoms with Crippen LogP contribution in [0.5, 0.6) is 23.0 Å². The van der Waals surface area contributed by atoms with E-state index in [9.17, 15) is 14.7 Å². The normalized spacial score (nSPS) is 11.5. The summed E-state index contributed by atoms with van der Waals surface area (Å²) in [5.41, 5.74) is 3.33. The smallest absolute Gasteiger partial charge is 0.343 e. The molecule has 3 aromatic carbocycles. The maximum Gasteiger partial charge on any atom is 0.343 e. The molecule has 0 saturated carbocycles. The highest BCUT2D eigenvalue weighted by Crippen LogP contribution is 2.38. The Morgan fingerprint density at radius 3 is 2.12 bits per heavy atom. The first-order chi connectivity index (χ1) is 16.5. The molecule has 176 valence electrons. The molecule has 0 heterocycles. The van der Waals surface area contributed by atoms with Crippen LogP contribution >= 0.6 is 0 Å². The number of ether oxygens (including phenoxy) is 4. The number of methoxy groups -OCH3 is 3. The molecular weight excluding hydrogens is 440 g/mol. The van der Waals surface area contributed by atoms with Crippen molar-refractivity contribution >= 4 is 18.1 Å². The van der Waals surface area contributed by atoms with Crippen molar-refractivity contribution in [3.8, 4) is 23.0 Å². The van der Waals surface area contributed by atoms with E-state index >= 15 is 0 Å². The van der Waals surface area contributed by atoms with Crippen molar-refractivity contribution in [1.29, 1.82) is 0 Å². The van der Waals surface area contributed by atoms with Gasteiger partial charge in [0.25, 0.3) is 5.91 Å². The Labute approximate surface area is 196 Å². The first-order valence-electron chi connectivity index (χ1n) is 10.2. The molecule has 34 heavy (non-hydrogen) atoms. The predicted octanol–water partition coefficient (Wildman–Crippen LogP) is 3.12. The molecule has 1 atom stereocenters. The second-order valence-electron chi connectivity index (χ2n) is 6.89. The Bertz CT molecular complexity index is 1150. The van der Waals surface area contributed by atoms with E-state index in [4.69, 9.17) is 18.9 Å². The number of aliphatic hydroxyl groups is 1. The van der Waals surface area contributed by atoms with E-state index in [2.05, 4.69) is 10.5 Å². The molecule has 9 nitrogen and oxygen atoms in total. The van der Waals surface area contributed by atoms with Crippen molar-refractivity contribution in [2.75, 3.05) is 21.3 Å². The number of hydrogen-bond donors (Lipinski definition) is 2. The van der Waals surface area contributed by atoms with E-state index in [0.29, 0.717) is 28.4 Å². The summed E-state index contributed by atoms with van der Waals surface area (Å²) in [7, 11) is 4.36. The number of carbonyl (C=O) groups is 2. The Kier molecular flexibility index (Phi) is 8.20. The molecule has 9 heteroatoms. The molecule has 0 saturated heterocycles. The van der Waals surface area contributed by atoms with Crippen LogP contribution < -0.4 is 24.4 Å². The van der Waals surface area contributed by atoms with Crippen molar-refractivity contribution in [3.63, 3.8) is 0 Å². The van der Waals surface area contributed by atoms with Gasteiger partial charge < -0.3 is 24.1 Å². The number of nitrogens with one attached hydrogen (secondary N) is 1. The van der Waals surface area contributed by atoms with Crippen LogP contribution in [-0.2, 0) is 4.79 Å². The van der Waals surface area contributed by atoms with E-state index in [1.807, 2.05) is 0 Å². The van der Waals surface area contributed by atoms with Crippen LogP contribution in [-0.4, -0.2) is 44.5 Å². The lowest BCUT2D eigenvalue weighted by molar-refractivity contribution is -0.129. The number of amides is 1. The lowest BCUT2D eigenvalue weighted by Crippen LogP contribution is -2.25. The lowest BCUT2D eigenvalue weighted by Gasteiger charge is -2.14. The van der Waals surface area contributed by atoms with Gasteiger partial charge >= 0.3 is 5.97 Å². The third-order valence-electron chi connectivity index (χ3n) is 4.76. The van der Waals surface area contributed by atoms with Crippen LogP contribution in [0.25, 0.3) is 0 Å². The summed E-state index contributed by atoms with van der Waals surface area (Å²) >= 11 is 0. The van der Waals surface area contributed by atoms with Gasteiger partial charge in [0.05, 0.1) is 33.1 Å². The zero-order valence-corrected chi connectivity index (χ0v) is 18.8. The molecule has 0 spiro atoms. The molecule has 3 aromatic rings. The van der Waals surface area contributed by atoms with Crippen molar-refractivity contribution in [2.45, 2.75) is 6.10 Å². The molecule has 0 fully saturated rings. The van der Waals surface area contributed by atoms with E-state index in [0.717, 1.165) is 0 Å². The summed E-state index contributed by atoms with van der Waals surface area (Å²) in [5.74, 6) is -0.185. The van der Waals surface area contributed by atoms with Crippen LogP contribution in [0.4, 0.5) is 0 Å². The SMILES string of the molecule is COc1cc(C(=O)Oc2ccccc2C=NNC(=O)C(O)c2ccccc2)cc(OC)c1OC. The Morgan fingerprint density at radius 2 is 1.50 bits per heavy atom. The van der Waals surface area contributed by atoms with Crippen molar-refractivity contribution < 1.29 is 33.6 Å². The summed E-state index contributed by atoms with van der Waals surface area (Å²) in [4.78, 5) is 25.0. The Morgan fingerprint density at radius 1 is 0.882 bits per heavy atom. The van der Waals surface area contributed by atoms with Gasteiger partial charge in [-0.25, -0.2) is 10.2 Å². The number of hydrogen-bond acceptors (Lipinski definition) is 8. The molecule has 1 amide bonds. The van der Waals surface area contributed by atoms with E-state index in [-0.39, 0.29) is 11.3 Å². The molecule has 0 aliphatic heterocycles. The number of carbonyl (C=O) groups excluding carboxylic acids is 2. The van der Waals surface area contributed by atoms with Crippen LogP contribution in [0.15, 0.2) is 71.8 Å². The number of para-hydroxylation sites is 1. The number of hydrazone groups is 1. The summed E-state index contributed by atoms with van der Waals surface area (Å²) in [6.45, 7) is 0. The molecular formula is C25H24N2O7. The number of nitrogens with zero attached hydrogens (tertiary/aromatic N) is 1. The van der Waals surface area contributed by atoms with Crippen LogP contribution in [0.1, 0.15) is 27.6 Å². The van der Waals surface area contributed by atoms with Gasteiger partial charge in [-0.2, -0.15) is 5.10 Å². The molecule has 3 rings (SSSR count). The van der Waals surface area contributed by atoms with Gasteiger partial charge in [-0.15, -0.1) is 0 Å². The second-order valence-corrected chi connectivity index (χ2v) is 6.89. The molecule has 0 aliphatic carbocycles. The Hall–Kier alpha value is -4.37. The highest BCUT2D eigenvalue weighted by atomic mass is 16.5. The fraction of sp³-hybridized carbons (Fsp3) is 0.160. The van der Waals surface area contributed by atoms with Gasteiger partial charge in [-0.1, -0.05) is 42.5 Å². The van der Waals surface area contributed by atoms with Crippen LogP contribution in [0.3, 0.4) is 0 Å². The van der Waals surface area contributed by atoms with E-state index in [1.165, 1.54) is 39.7 Å². The summed E-state index contributed by atoms with van der Waals surface area (Å²) in [6.07, 6.45) is -0.0561. The van der Waals surface area contributed by atoms with Crippen molar-refractivity contribution in [3.05, 3.63) is 83.4 Å². The monoisotopic (exact) mass is 464 g/mol. The molecule has 1 unspecified atom stereocenters. The minimum absolute atomic E-state index is 0.181. The molecule has 2 N–H and O–H groups in total. The van der Waals surface area contributed by atoms with Gasteiger partial charge in [-0.05, 0) is 29.8 Å². The third-order valence-corrected chi connectivity index (χ3v) is 4.76. The van der Waals surface area contributed by atoms with E-state index in [1.54, 1.807) is 54.6 Å². The summed E-state index contributed by atoms with van der Waals surface area (Å²) in [5, 5.41) is 14.0. The zero-order valence-electron chi connectivity index (χ0n) is 18.8. The largest absolute Gasteiger partial charge is 0.493 e. The average Bonchev–Trinajstić information content (AvgIpc) is 2.88. The lowest BCUT2D eigenvalue weighted by atomic mass is 10.1. The maximum atomic E-state index is 12.8. The highest BCUT2D eigenvalue weighted by Gasteiger charge is 2.19. The molecule has 0 aromatic heterocycles. The third kappa shape index (κ3) is 5.70. The van der Waals surface area contributed by atoms with Crippen LogP contribution in [0, 0.1) is 0 Å². The average molecular weight is 464 g/mol. The van der Waals surface area contributed by atoms with Crippen LogP contribution in [0.2, 0.25) is 0 Å². The van der Waals surface area contributed by atoms with Gasteiger partial charge in [0.15, 0.2) is 17.6 Å². The minimum Gasteiger partial charge on any atom is -0.493 e. The number of aliphatic hydroxyl groups excluding tert-OH is 1. The fourth-order valence-corrected chi connectivity index (χ4v) is 3.05. The fourth-order valence-electron chi connectivity index (χ4n) is 3.05. The standard InChI is InChI=1S/C25H24N2O7/c1-31-20-13-18(14-21(32-2)23(20)33-3)25(30)34-19-12-8-7-11-17(19)15-26-27-24(29)22(28)16-9-5-4-6-10-16/h4-15,22,28H,1-3H3,(H,27,29). The highest BCUT2D eigenvalue weighted by molar-refractivity contribution is 5.94. The number of esters is 1. The van der Waals surface area contributed by atoms with Gasteiger partial charge in [0.1, 0.15) is 5.75 Å². The summed E-state index contributed by atoms with van der Waals surface area (Å²) in [6, 6.07) is 18.1. The zero-order chi connectivity index (χ0) is 24.5. The quantitative estimate of drug-likeness (QED) is 0.216. The van der Waals surface area contributed by atoms with Gasteiger partial charge in [-0.3, -0.25) is 4.79 Å². The number of benzene rings is 3.